The normalized spacial score (nSPS) is 18.1. The molecule has 1 aliphatic rings. The fourth-order valence-electron chi connectivity index (χ4n) is 2.41. The molecule has 1 atom stereocenters. The molecule has 21 heavy (non-hydrogen) atoms. The zero-order valence-electron chi connectivity index (χ0n) is 13.3. The van der Waals surface area contributed by atoms with Gasteiger partial charge in [0.1, 0.15) is 5.75 Å². The highest BCUT2D eigenvalue weighted by Gasteiger charge is 2.36. The van der Waals surface area contributed by atoms with Crippen LogP contribution in [0.5, 0.6) is 5.75 Å². The van der Waals surface area contributed by atoms with Crippen LogP contribution in [0.25, 0.3) is 0 Å². The molecule has 0 saturated heterocycles. The summed E-state index contributed by atoms with van der Waals surface area (Å²) in [5.74, 6) is 0.944. The maximum Gasteiger partial charge on any atom is 0.268 e. The standard InChI is InChI=1S/C16H25N3O2/c1-11(2)15-16(20)19(8-7-18(3)4)13-9-12(10-17)5-6-14(13)21-15/h5-6,9,11,15H,7-8,10,17H2,1-4H3. The van der Waals surface area contributed by atoms with E-state index in [4.69, 9.17) is 10.5 Å². The Morgan fingerprint density at radius 3 is 2.67 bits per heavy atom. The third-order valence-corrected chi connectivity index (χ3v) is 3.69. The van der Waals surface area contributed by atoms with Crippen LogP contribution in [0, 0.1) is 5.92 Å². The summed E-state index contributed by atoms with van der Waals surface area (Å²) in [5.41, 5.74) is 7.55. The molecule has 1 unspecified atom stereocenters. The number of fused-ring (bicyclic) bond motifs is 1. The lowest BCUT2D eigenvalue weighted by Gasteiger charge is -2.36. The summed E-state index contributed by atoms with van der Waals surface area (Å²) in [6.07, 6.45) is -0.414. The first kappa shape index (κ1) is 15.8. The van der Waals surface area contributed by atoms with Crippen LogP contribution in [0.4, 0.5) is 5.69 Å². The lowest BCUT2D eigenvalue weighted by molar-refractivity contribution is -0.128. The minimum Gasteiger partial charge on any atom is -0.478 e. The third-order valence-electron chi connectivity index (χ3n) is 3.69. The van der Waals surface area contributed by atoms with Crippen molar-refractivity contribution in [3.63, 3.8) is 0 Å². The predicted molar refractivity (Wildman–Crippen MR) is 84.5 cm³/mol. The van der Waals surface area contributed by atoms with Crippen LogP contribution in [-0.2, 0) is 11.3 Å². The van der Waals surface area contributed by atoms with Crippen LogP contribution >= 0.6 is 0 Å². The number of benzene rings is 1. The van der Waals surface area contributed by atoms with Crippen LogP contribution in [0.2, 0.25) is 0 Å². The molecule has 2 rings (SSSR count). The highest BCUT2D eigenvalue weighted by molar-refractivity contribution is 6.00. The number of likely N-dealkylation sites (N-methyl/N-ethyl adjacent to an activating group) is 1. The average molecular weight is 291 g/mol. The van der Waals surface area contributed by atoms with Crippen LogP contribution in [0.15, 0.2) is 18.2 Å². The number of hydrogen-bond acceptors (Lipinski definition) is 4. The molecular weight excluding hydrogens is 266 g/mol. The van der Waals surface area contributed by atoms with Crippen LogP contribution in [0.3, 0.4) is 0 Å². The maximum absolute atomic E-state index is 12.7. The molecule has 1 heterocycles. The fourth-order valence-corrected chi connectivity index (χ4v) is 2.41. The molecule has 1 amide bonds. The summed E-state index contributed by atoms with van der Waals surface area (Å²) in [6, 6.07) is 5.83. The van der Waals surface area contributed by atoms with Crippen molar-refractivity contribution in [3.05, 3.63) is 23.8 Å². The second kappa shape index (κ2) is 6.45. The zero-order valence-corrected chi connectivity index (χ0v) is 13.3. The van der Waals surface area contributed by atoms with Crippen molar-refractivity contribution in [3.8, 4) is 5.75 Å². The number of amides is 1. The minimum absolute atomic E-state index is 0.0357. The number of hydrogen-bond donors (Lipinski definition) is 1. The van der Waals surface area contributed by atoms with Crippen molar-refractivity contribution in [2.45, 2.75) is 26.5 Å². The van der Waals surface area contributed by atoms with Crippen LogP contribution in [-0.4, -0.2) is 44.1 Å². The van der Waals surface area contributed by atoms with Gasteiger partial charge in [-0.25, -0.2) is 0 Å². The van der Waals surface area contributed by atoms with E-state index in [9.17, 15) is 4.79 Å². The highest BCUT2D eigenvalue weighted by atomic mass is 16.5. The Bertz CT molecular complexity index is 514. The van der Waals surface area contributed by atoms with Gasteiger partial charge in [-0.2, -0.15) is 0 Å². The Kier molecular flexibility index (Phi) is 4.85. The molecule has 1 aliphatic heterocycles. The van der Waals surface area contributed by atoms with E-state index in [2.05, 4.69) is 4.90 Å². The smallest absolute Gasteiger partial charge is 0.268 e. The van der Waals surface area contributed by atoms with Gasteiger partial charge in [0.05, 0.1) is 5.69 Å². The SMILES string of the molecule is CC(C)C1Oc2ccc(CN)cc2N(CCN(C)C)C1=O. The first-order valence-corrected chi connectivity index (χ1v) is 7.39. The average Bonchev–Trinajstić information content (AvgIpc) is 2.44. The van der Waals surface area contributed by atoms with E-state index in [0.29, 0.717) is 13.1 Å². The van der Waals surface area contributed by atoms with Gasteiger partial charge in [-0.05, 0) is 37.7 Å². The Morgan fingerprint density at radius 1 is 1.38 bits per heavy atom. The molecule has 0 bridgehead atoms. The van der Waals surface area contributed by atoms with Gasteiger partial charge in [0.15, 0.2) is 6.10 Å². The number of ether oxygens (including phenoxy) is 1. The monoisotopic (exact) mass is 291 g/mol. The number of anilines is 1. The van der Waals surface area contributed by atoms with Gasteiger partial charge in [0.2, 0.25) is 0 Å². The Labute approximate surface area is 126 Å². The molecule has 0 spiro atoms. The van der Waals surface area contributed by atoms with E-state index in [1.54, 1.807) is 0 Å². The largest absolute Gasteiger partial charge is 0.478 e. The number of carbonyl (C=O) groups is 1. The summed E-state index contributed by atoms with van der Waals surface area (Å²) in [6.45, 7) is 5.93. The summed E-state index contributed by atoms with van der Waals surface area (Å²) < 4.78 is 5.90. The molecule has 0 fully saturated rings. The summed E-state index contributed by atoms with van der Waals surface area (Å²) in [7, 11) is 4.00. The molecule has 0 saturated carbocycles. The van der Waals surface area contributed by atoms with Gasteiger partial charge in [-0.1, -0.05) is 19.9 Å². The molecule has 0 aromatic heterocycles. The number of nitrogens with two attached hydrogens (primary N) is 1. The molecule has 1 aromatic carbocycles. The lowest BCUT2D eigenvalue weighted by atomic mass is 10.0. The molecule has 1 aromatic rings. The van der Waals surface area contributed by atoms with Gasteiger partial charge in [-0.15, -0.1) is 0 Å². The van der Waals surface area contributed by atoms with Crippen molar-refractivity contribution in [1.82, 2.24) is 4.90 Å². The van der Waals surface area contributed by atoms with E-state index < -0.39 is 6.10 Å². The second-order valence-electron chi connectivity index (χ2n) is 6.08. The second-order valence-corrected chi connectivity index (χ2v) is 6.08. The van der Waals surface area contributed by atoms with Crippen molar-refractivity contribution >= 4 is 11.6 Å². The first-order valence-electron chi connectivity index (χ1n) is 7.39. The molecule has 0 radical (unpaired) electrons. The molecular formula is C16H25N3O2. The van der Waals surface area contributed by atoms with Crippen molar-refractivity contribution in [1.29, 1.82) is 0 Å². The van der Waals surface area contributed by atoms with Crippen LogP contribution < -0.4 is 15.4 Å². The number of nitrogens with zero attached hydrogens (tertiary/aromatic N) is 2. The molecule has 5 nitrogen and oxygen atoms in total. The van der Waals surface area contributed by atoms with E-state index in [0.717, 1.165) is 23.5 Å². The molecule has 5 heteroatoms. The van der Waals surface area contributed by atoms with Crippen molar-refractivity contribution in [2.75, 3.05) is 32.1 Å². The number of carbonyl (C=O) groups excluding carboxylic acids is 1. The van der Waals surface area contributed by atoms with Crippen LogP contribution in [0.1, 0.15) is 19.4 Å². The van der Waals surface area contributed by atoms with Gasteiger partial charge < -0.3 is 20.3 Å². The van der Waals surface area contributed by atoms with Gasteiger partial charge in [0.25, 0.3) is 5.91 Å². The van der Waals surface area contributed by atoms with E-state index in [1.807, 2.05) is 51.0 Å². The summed E-state index contributed by atoms with van der Waals surface area (Å²) >= 11 is 0. The summed E-state index contributed by atoms with van der Waals surface area (Å²) in [4.78, 5) is 16.6. The number of rotatable bonds is 5. The molecule has 0 aliphatic carbocycles. The van der Waals surface area contributed by atoms with Gasteiger partial charge >= 0.3 is 0 Å². The zero-order chi connectivity index (χ0) is 15.6. The van der Waals surface area contributed by atoms with Gasteiger partial charge in [0, 0.05) is 19.6 Å². The highest BCUT2D eigenvalue weighted by Crippen LogP contribution is 2.36. The van der Waals surface area contributed by atoms with E-state index >= 15 is 0 Å². The lowest BCUT2D eigenvalue weighted by Crippen LogP contribution is -2.50. The topological polar surface area (TPSA) is 58.8 Å². The van der Waals surface area contributed by atoms with Crippen molar-refractivity contribution in [2.24, 2.45) is 11.7 Å². The third kappa shape index (κ3) is 3.36. The van der Waals surface area contributed by atoms with Crippen molar-refractivity contribution < 1.29 is 9.53 Å². The summed E-state index contributed by atoms with van der Waals surface area (Å²) in [5, 5.41) is 0. The minimum atomic E-state index is -0.414. The van der Waals surface area contributed by atoms with Gasteiger partial charge in [-0.3, -0.25) is 4.79 Å². The maximum atomic E-state index is 12.7. The molecule has 116 valence electrons. The Balaban J connectivity index is 2.37. The fraction of sp³-hybridized carbons (Fsp3) is 0.562. The molecule has 2 N–H and O–H groups in total. The predicted octanol–water partition coefficient (Wildman–Crippen LogP) is 1.46. The Morgan fingerprint density at radius 2 is 2.10 bits per heavy atom. The van der Waals surface area contributed by atoms with E-state index in [-0.39, 0.29) is 11.8 Å². The first-order chi connectivity index (χ1) is 9.93. The Hall–Kier alpha value is -1.59. The quantitative estimate of drug-likeness (QED) is 0.892. The van der Waals surface area contributed by atoms with E-state index in [1.165, 1.54) is 0 Å².